The molecule has 2 rings (SSSR count). The van der Waals surface area contributed by atoms with Crippen molar-refractivity contribution < 1.29 is 9.90 Å². The maximum atomic E-state index is 10.8. The lowest BCUT2D eigenvalue weighted by molar-refractivity contribution is -0.137. The minimum Gasteiger partial charge on any atom is -0.480 e. The Morgan fingerprint density at radius 2 is 2.22 bits per heavy atom. The molecule has 0 aliphatic carbocycles. The number of hydrogen-bond donors (Lipinski definition) is 1. The smallest absolute Gasteiger partial charge is 0.325 e. The summed E-state index contributed by atoms with van der Waals surface area (Å²) in [5, 5.41) is 13.8. The van der Waals surface area contributed by atoms with Gasteiger partial charge in [0.25, 0.3) is 0 Å². The first-order chi connectivity index (χ1) is 8.60. The minimum absolute atomic E-state index is 0.121. The van der Waals surface area contributed by atoms with Crippen LogP contribution < -0.4 is 0 Å². The average Bonchev–Trinajstić information content (AvgIpc) is 2.71. The zero-order valence-electron chi connectivity index (χ0n) is 9.93. The molecule has 5 heteroatoms. The van der Waals surface area contributed by atoms with Gasteiger partial charge in [-0.2, -0.15) is 5.10 Å². The van der Waals surface area contributed by atoms with E-state index in [0.29, 0.717) is 5.02 Å². The van der Waals surface area contributed by atoms with Crippen LogP contribution in [0.3, 0.4) is 0 Å². The lowest BCUT2D eigenvalue weighted by Crippen LogP contribution is -2.12. The number of carboxylic acids is 1. The van der Waals surface area contributed by atoms with Crippen LogP contribution in [0.2, 0.25) is 5.02 Å². The van der Waals surface area contributed by atoms with Gasteiger partial charge >= 0.3 is 5.97 Å². The summed E-state index contributed by atoms with van der Waals surface area (Å²) in [6, 6.07) is 9.25. The topological polar surface area (TPSA) is 55.1 Å². The molecule has 0 aliphatic rings. The lowest BCUT2D eigenvalue weighted by atomic mass is 10.1. The van der Waals surface area contributed by atoms with Gasteiger partial charge in [0.2, 0.25) is 0 Å². The fourth-order valence-electron chi connectivity index (χ4n) is 1.79. The molecule has 2 aromatic rings. The number of carbonyl (C=O) groups is 1. The number of rotatable bonds is 4. The van der Waals surface area contributed by atoms with Crippen LogP contribution in [0, 0.1) is 0 Å². The quantitative estimate of drug-likeness (QED) is 0.924. The maximum absolute atomic E-state index is 10.8. The fourth-order valence-corrected chi connectivity index (χ4v) is 1.98. The number of benzene rings is 1. The van der Waals surface area contributed by atoms with E-state index in [-0.39, 0.29) is 6.54 Å². The first kappa shape index (κ1) is 12.6. The molecule has 94 valence electrons. The van der Waals surface area contributed by atoms with Crippen LogP contribution in [-0.4, -0.2) is 20.9 Å². The number of halogens is 1. The molecule has 0 unspecified atom stereocenters. The highest BCUT2D eigenvalue weighted by Crippen LogP contribution is 2.22. The van der Waals surface area contributed by atoms with Crippen molar-refractivity contribution >= 4 is 17.6 Å². The molecule has 0 aliphatic heterocycles. The SMILES string of the molecule is CCc1cc(-c2cccc(Cl)c2)nn1CC(=O)O. The van der Waals surface area contributed by atoms with Crippen LogP contribution in [-0.2, 0) is 17.8 Å². The van der Waals surface area contributed by atoms with Crippen molar-refractivity contribution in [3.8, 4) is 11.3 Å². The molecule has 1 N–H and O–H groups in total. The van der Waals surface area contributed by atoms with E-state index in [9.17, 15) is 4.79 Å². The van der Waals surface area contributed by atoms with Crippen LogP contribution in [0.25, 0.3) is 11.3 Å². The molecule has 1 aromatic carbocycles. The highest BCUT2D eigenvalue weighted by Gasteiger charge is 2.10. The van der Waals surface area contributed by atoms with Gasteiger partial charge in [-0.15, -0.1) is 0 Å². The van der Waals surface area contributed by atoms with Crippen molar-refractivity contribution in [1.82, 2.24) is 9.78 Å². The molecule has 0 fully saturated rings. The van der Waals surface area contributed by atoms with E-state index >= 15 is 0 Å². The summed E-state index contributed by atoms with van der Waals surface area (Å²) < 4.78 is 1.51. The monoisotopic (exact) mass is 264 g/mol. The Morgan fingerprint density at radius 3 is 2.83 bits per heavy atom. The van der Waals surface area contributed by atoms with E-state index in [1.807, 2.05) is 31.2 Å². The van der Waals surface area contributed by atoms with Gasteiger partial charge < -0.3 is 5.11 Å². The fraction of sp³-hybridized carbons (Fsp3) is 0.231. The van der Waals surface area contributed by atoms with Crippen molar-refractivity contribution in [2.45, 2.75) is 19.9 Å². The van der Waals surface area contributed by atoms with Crippen LogP contribution in [0.15, 0.2) is 30.3 Å². The molecule has 18 heavy (non-hydrogen) atoms. The predicted octanol–water partition coefficient (Wildman–Crippen LogP) is 2.85. The van der Waals surface area contributed by atoms with Crippen molar-refractivity contribution in [2.75, 3.05) is 0 Å². The van der Waals surface area contributed by atoms with E-state index in [2.05, 4.69) is 5.10 Å². The molecular weight excluding hydrogens is 252 g/mol. The second-order valence-electron chi connectivity index (χ2n) is 3.94. The third-order valence-corrected chi connectivity index (χ3v) is 2.87. The molecule has 0 saturated carbocycles. The van der Waals surface area contributed by atoms with Gasteiger partial charge in [-0.1, -0.05) is 30.7 Å². The van der Waals surface area contributed by atoms with E-state index in [1.165, 1.54) is 4.68 Å². The molecule has 0 spiro atoms. The van der Waals surface area contributed by atoms with Gasteiger partial charge in [0.05, 0.1) is 5.69 Å². The summed E-state index contributed by atoms with van der Waals surface area (Å²) >= 11 is 5.93. The molecule has 0 atom stereocenters. The number of aliphatic carboxylic acids is 1. The Hall–Kier alpha value is -1.81. The second-order valence-corrected chi connectivity index (χ2v) is 4.37. The Morgan fingerprint density at radius 1 is 1.44 bits per heavy atom. The van der Waals surface area contributed by atoms with Crippen LogP contribution in [0.5, 0.6) is 0 Å². The van der Waals surface area contributed by atoms with Gasteiger partial charge in [0, 0.05) is 16.3 Å². The number of aromatic nitrogens is 2. The summed E-state index contributed by atoms with van der Waals surface area (Å²) in [6.45, 7) is 1.85. The number of aryl methyl sites for hydroxylation is 1. The van der Waals surface area contributed by atoms with Gasteiger partial charge in [0.15, 0.2) is 0 Å². The van der Waals surface area contributed by atoms with E-state index in [1.54, 1.807) is 6.07 Å². The van der Waals surface area contributed by atoms with Crippen molar-refractivity contribution in [2.24, 2.45) is 0 Å². The summed E-state index contributed by atoms with van der Waals surface area (Å²) in [5.41, 5.74) is 2.53. The zero-order chi connectivity index (χ0) is 13.1. The third-order valence-electron chi connectivity index (χ3n) is 2.63. The number of nitrogens with zero attached hydrogens (tertiary/aromatic N) is 2. The molecule has 1 heterocycles. The van der Waals surface area contributed by atoms with Gasteiger partial charge in [-0.25, -0.2) is 0 Å². The largest absolute Gasteiger partial charge is 0.480 e. The van der Waals surface area contributed by atoms with Crippen LogP contribution in [0.1, 0.15) is 12.6 Å². The highest BCUT2D eigenvalue weighted by molar-refractivity contribution is 6.30. The normalized spacial score (nSPS) is 10.6. The zero-order valence-corrected chi connectivity index (χ0v) is 10.7. The first-order valence-corrected chi connectivity index (χ1v) is 6.02. The maximum Gasteiger partial charge on any atom is 0.325 e. The first-order valence-electron chi connectivity index (χ1n) is 5.64. The molecule has 4 nitrogen and oxygen atoms in total. The Kier molecular flexibility index (Phi) is 3.67. The molecule has 1 aromatic heterocycles. The van der Waals surface area contributed by atoms with Crippen molar-refractivity contribution in [3.05, 3.63) is 41.0 Å². The standard InChI is InChI=1S/C13H13ClN2O2/c1-2-11-7-12(15-16(11)8-13(17)18)9-4-3-5-10(14)6-9/h3-7H,2,8H2,1H3,(H,17,18). The van der Waals surface area contributed by atoms with Crippen LogP contribution in [0.4, 0.5) is 0 Å². The molecular formula is C13H13ClN2O2. The minimum atomic E-state index is -0.898. The van der Waals surface area contributed by atoms with Crippen molar-refractivity contribution in [1.29, 1.82) is 0 Å². The Balaban J connectivity index is 2.40. The van der Waals surface area contributed by atoms with Gasteiger partial charge in [0.1, 0.15) is 6.54 Å². The van der Waals surface area contributed by atoms with Gasteiger partial charge in [-0.05, 0) is 24.6 Å². The molecule has 0 saturated heterocycles. The summed E-state index contributed by atoms with van der Waals surface area (Å²) in [4.78, 5) is 10.8. The van der Waals surface area contributed by atoms with E-state index in [4.69, 9.17) is 16.7 Å². The third kappa shape index (κ3) is 2.71. The second kappa shape index (κ2) is 5.23. The number of hydrogen-bond acceptors (Lipinski definition) is 2. The Labute approximate surface area is 110 Å². The Bertz CT molecular complexity index is 578. The summed E-state index contributed by atoms with van der Waals surface area (Å²) in [5.74, 6) is -0.898. The van der Waals surface area contributed by atoms with E-state index in [0.717, 1.165) is 23.4 Å². The van der Waals surface area contributed by atoms with Gasteiger partial charge in [-0.3, -0.25) is 9.48 Å². The summed E-state index contributed by atoms with van der Waals surface area (Å²) in [6.07, 6.45) is 0.737. The molecule has 0 amide bonds. The van der Waals surface area contributed by atoms with E-state index < -0.39 is 5.97 Å². The summed E-state index contributed by atoms with van der Waals surface area (Å²) in [7, 11) is 0. The lowest BCUT2D eigenvalue weighted by Gasteiger charge is -2.00. The molecule has 0 radical (unpaired) electrons. The predicted molar refractivity (Wildman–Crippen MR) is 69.7 cm³/mol. The average molecular weight is 265 g/mol. The molecule has 0 bridgehead atoms. The van der Waals surface area contributed by atoms with Crippen LogP contribution >= 0.6 is 11.6 Å². The van der Waals surface area contributed by atoms with Crippen molar-refractivity contribution in [3.63, 3.8) is 0 Å². The highest BCUT2D eigenvalue weighted by atomic mass is 35.5. The number of carboxylic acid groups (broad SMARTS) is 1.